The Labute approximate surface area is 192 Å². The molecule has 7 nitrogen and oxygen atoms in total. The highest BCUT2D eigenvalue weighted by Gasteiger charge is 2.28. The second kappa shape index (κ2) is 9.87. The summed E-state index contributed by atoms with van der Waals surface area (Å²) in [5.74, 6) is 0.0274. The fourth-order valence-corrected chi connectivity index (χ4v) is 4.93. The van der Waals surface area contributed by atoms with Crippen molar-refractivity contribution in [3.63, 3.8) is 0 Å². The molecule has 3 aromatic carbocycles. The van der Waals surface area contributed by atoms with E-state index in [-0.39, 0.29) is 29.0 Å². The molecule has 0 aromatic heterocycles. The number of nitrogens with one attached hydrogen (secondary N) is 2. The van der Waals surface area contributed by atoms with Crippen LogP contribution in [0.5, 0.6) is 5.75 Å². The van der Waals surface area contributed by atoms with Gasteiger partial charge in [0.05, 0.1) is 10.6 Å². The zero-order chi connectivity index (χ0) is 23.3. The van der Waals surface area contributed by atoms with Crippen molar-refractivity contribution in [3.05, 3.63) is 90.0 Å². The van der Waals surface area contributed by atoms with E-state index < -0.39 is 15.9 Å². The minimum Gasteiger partial charge on any atom is -0.480 e. The molecular weight excluding hydrogens is 440 g/mol. The highest BCUT2D eigenvalue weighted by molar-refractivity contribution is 7.91. The number of sulfone groups is 1. The number of rotatable bonds is 8. The molecule has 1 aliphatic heterocycles. The van der Waals surface area contributed by atoms with E-state index >= 15 is 0 Å². The Morgan fingerprint density at radius 2 is 1.70 bits per heavy atom. The molecular formula is C25H24N2O5S. The Kier molecular flexibility index (Phi) is 6.74. The van der Waals surface area contributed by atoms with Crippen LogP contribution in [0.3, 0.4) is 0 Å². The first kappa shape index (κ1) is 22.5. The third-order valence-corrected chi connectivity index (χ3v) is 7.13. The molecule has 2 amide bonds. The summed E-state index contributed by atoms with van der Waals surface area (Å²) in [6.07, 6.45) is 0.166. The van der Waals surface area contributed by atoms with Gasteiger partial charge in [-0.1, -0.05) is 42.5 Å². The van der Waals surface area contributed by atoms with Gasteiger partial charge in [0.1, 0.15) is 5.75 Å². The number of benzene rings is 3. The van der Waals surface area contributed by atoms with Gasteiger partial charge in [0, 0.05) is 24.2 Å². The summed E-state index contributed by atoms with van der Waals surface area (Å²) in [5.41, 5.74) is 1.84. The smallest absolute Gasteiger partial charge is 0.265 e. The zero-order valence-corrected chi connectivity index (χ0v) is 18.7. The third-order valence-electron chi connectivity index (χ3n) is 5.31. The van der Waals surface area contributed by atoms with Crippen molar-refractivity contribution < 1.29 is 22.7 Å². The molecule has 8 heteroatoms. The van der Waals surface area contributed by atoms with Gasteiger partial charge in [-0.05, 0) is 48.4 Å². The lowest BCUT2D eigenvalue weighted by atomic mass is 10.1. The molecule has 0 aliphatic carbocycles. The maximum atomic E-state index is 12.6. The van der Waals surface area contributed by atoms with Crippen LogP contribution in [0.15, 0.2) is 83.8 Å². The number of carbonyl (C=O) groups excluding carboxylic acids is 2. The summed E-state index contributed by atoms with van der Waals surface area (Å²) in [6.45, 7) is 0.218. The van der Waals surface area contributed by atoms with Crippen molar-refractivity contribution in [1.29, 1.82) is 0 Å². The molecule has 33 heavy (non-hydrogen) atoms. The second-order valence-corrected chi connectivity index (χ2v) is 9.84. The van der Waals surface area contributed by atoms with Gasteiger partial charge in [-0.25, -0.2) is 8.42 Å². The first-order chi connectivity index (χ1) is 15.9. The van der Waals surface area contributed by atoms with E-state index in [1.54, 1.807) is 54.6 Å². The van der Waals surface area contributed by atoms with Crippen LogP contribution in [-0.2, 0) is 21.1 Å². The molecule has 1 atom stereocenters. The Bertz CT molecular complexity index is 1230. The van der Waals surface area contributed by atoms with Crippen LogP contribution >= 0.6 is 0 Å². The van der Waals surface area contributed by atoms with Gasteiger partial charge in [0.25, 0.3) is 11.8 Å². The standard InChI is InChI=1S/C25H24N2O5S/c28-24(26-14-7-15-33(30,31)21-11-2-1-3-12-21)19-9-6-10-20(16-19)27-25(29)23-17-18-8-4-5-13-22(18)32-23/h1-6,8-13,16,23H,7,14-15,17H2,(H,26,28)(H,27,29). The minimum atomic E-state index is -3.38. The Morgan fingerprint density at radius 3 is 2.48 bits per heavy atom. The first-order valence-corrected chi connectivity index (χ1v) is 12.3. The van der Waals surface area contributed by atoms with Gasteiger partial charge in [-0.3, -0.25) is 9.59 Å². The van der Waals surface area contributed by atoms with Crippen LogP contribution in [-0.4, -0.2) is 38.6 Å². The van der Waals surface area contributed by atoms with Crippen LogP contribution in [0.2, 0.25) is 0 Å². The minimum absolute atomic E-state index is 0.0584. The molecule has 0 bridgehead atoms. The van der Waals surface area contributed by atoms with Gasteiger partial charge < -0.3 is 15.4 Å². The monoisotopic (exact) mass is 464 g/mol. The van der Waals surface area contributed by atoms with Gasteiger partial charge >= 0.3 is 0 Å². The average molecular weight is 465 g/mol. The Balaban J connectivity index is 1.28. The van der Waals surface area contributed by atoms with Crippen LogP contribution in [0, 0.1) is 0 Å². The van der Waals surface area contributed by atoms with E-state index in [0.29, 0.717) is 29.8 Å². The van der Waals surface area contributed by atoms with E-state index in [1.165, 1.54) is 0 Å². The molecule has 4 rings (SSSR count). The molecule has 1 heterocycles. The second-order valence-electron chi connectivity index (χ2n) is 7.73. The fourth-order valence-electron chi connectivity index (χ4n) is 3.60. The van der Waals surface area contributed by atoms with Crippen molar-refractivity contribution >= 4 is 27.3 Å². The number of carbonyl (C=O) groups is 2. The van der Waals surface area contributed by atoms with E-state index in [2.05, 4.69) is 10.6 Å². The summed E-state index contributed by atoms with van der Waals surface area (Å²) in [6, 6.07) is 22.3. The van der Waals surface area contributed by atoms with Gasteiger partial charge in [-0.2, -0.15) is 0 Å². The van der Waals surface area contributed by atoms with Crippen LogP contribution in [0.1, 0.15) is 22.3 Å². The lowest BCUT2D eigenvalue weighted by molar-refractivity contribution is -0.122. The number of hydrogen-bond acceptors (Lipinski definition) is 5. The van der Waals surface area contributed by atoms with Gasteiger partial charge in [-0.15, -0.1) is 0 Å². The summed E-state index contributed by atoms with van der Waals surface area (Å²) in [5, 5.41) is 5.53. The molecule has 0 spiro atoms. The largest absolute Gasteiger partial charge is 0.480 e. The van der Waals surface area contributed by atoms with E-state index in [4.69, 9.17) is 4.74 Å². The topological polar surface area (TPSA) is 102 Å². The van der Waals surface area contributed by atoms with Crippen molar-refractivity contribution in [2.75, 3.05) is 17.6 Å². The first-order valence-electron chi connectivity index (χ1n) is 10.6. The maximum Gasteiger partial charge on any atom is 0.265 e. The maximum absolute atomic E-state index is 12.6. The number of para-hydroxylation sites is 1. The van der Waals surface area contributed by atoms with E-state index in [9.17, 15) is 18.0 Å². The number of fused-ring (bicyclic) bond motifs is 1. The number of hydrogen-bond donors (Lipinski definition) is 2. The van der Waals surface area contributed by atoms with E-state index in [0.717, 1.165) is 5.56 Å². The number of amides is 2. The molecule has 1 aliphatic rings. The lowest BCUT2D eigenvalue weighted by Crippen LogP contribution is -2.31. The Morgan fingerprint density at radius 1 is 0.939 bits per heavy atom. The van der Waals surface area contributed by atoms with Gasteiger partial charge in [0.15, 0.2) is 15.9 Å². The van der Waals surface area contributed by atoms with Crippen molar-refractivity contribution in [2.24, 2.45) is 0 Å². The number of ether oxygens (including phenoxy) is 1. The third kappa shape index (κ3) is 5.59. The quantitative estimate of drug-likeness (QED) is 0.499. The molecule has 3 aromatic rings. The van der Waals surface area contributed by atoms with Crippen LogP contribution < -0.4 is 15.4 Å². The molecule has 0 radical (unpaired) electrons. The van der Waals surface area contributed by atoms with Crippen molar-refractivity contribution in [3.8, 4) is 5.75 Å². The molecule has 0 saturated heterocycles. The fraction of sp³-hybridized carbons (Fsp3) is 0.200. The zero-order valence-electron chi connectivity index (χ0n) is 17.9. The molecule has 170 valence electrons. The molecule has 0 fully saturated rings. The lowest BCUT2D eigenvalue weighted by Gasteiger charge is -2.12. The summed E-state index contributed by atoms with van der Waals surface area (Å²) >= 11 is 0. The SMILES string of the molecule is O=C(NCCCS(=O)(=O)c1ccccc1)c1cccc(NC(=O)C2Cc3ccccc3O2)c1. The van der Waals surface area contributed by atoms with Crippen LogP contribution in [0.25, 0.3) is 0 Å². The summed E-state index contributed by atoms with van der Waals surface area (Å²) in [7, 11) is -3.38. The Hall–Kier alpha value is -3.65. The highest BCUT2D eigenvalue weighted by Crippen LogP contribution is 2.28. The summed E-state index contributed by atoms with van der Waals surface area (Å²) in [4.78, 5) is 25.3. The molecule has 1 unspecified atom stereocenters. The average Bonchev–Trinajstić information content (AvgIpc) is 3.27. The predicted octanol–water partition coefficient (Wildman–Crippen LogP) is 3.22. The van der Waals surface area contributed by atoms with E-state index in [1.807, 2.05) is 24.3 Å². The molecule has 2 N–H and O–H groups in total. The predicted molar refractivity (Wildman–Crippen MR) is 125 cm³/mol. The van der Waals surface area contributed by atoms with Crippen molar-refractivity contribution in [1.82, 2.24) is 5.32 Å². The number of anilines is 1. The van der Waals surface area contributed by atoms with Crippen LogP contribution in [0.4, 0.5) is 5.69 Å². The van der Waals surface area contributed by atoms with Crippen molar-refractivity contribution in [2.45, 2.75) is 23.8 Å². The summed E-state index contributed by atoms with van der Waals surface area (Å²) < 4.78 is 30.3. The normalized spacial score (nSPS) is 14.7. The highest BCUT2D eigenvalue weighted by atomic mass is 32.2. The van der Waals surface area contributed by atoms with Gasteiger partial charge in [0.2, 0.25) is 0 Å². The molecule has 0 saturated carbocycles.